The molecule has 0 fully saturated rings. The smallest absolute Gasteiger partial charge is 0.243 e. The third kappa shape index (κ3) is 3.03. The Labute approximate surface area is 145 Å². The van der Waals surface area contributed by atoms with Crippen LogP contribution in [-0.4, -0.2) is 26.4 Å². The van der Waals surface area contributed by atoms with E-state index in [1.807, 2.05) is 31.2 Å². The molecule has 2 aromatic carbocycles. The molecular weight excluding hydrogens is 378 g/mol. The second-order valence-electron chi connectivity index (χ2n) is 5.61. The number of methoxy groups -OCH3 is 1. The number of nitrogens with zero attached hydrogens (tertiary/aromatic N) is 1. The van der Waals surface area contributed by atoms with Crippen LogP contribution in [0.4, 0.5) is 0 Å². The van der Waals surface area contributed by atoms with Crippen molar-refractivity contribution in [3.05, 3.63) is 57.6 Å². The number of rotatable bonds is 3. The van der Waals surface area contributed by atoms with E-state index in [0.29, 0.717) is 24.4 Å². The number of halogens is 1. The summed E-state index contributed by atoms with van der Waals surface area (Å²) in [7, 11) is -1.88. The zero-order valence-corrected chi connectivity index (χ0v) is 15.4. The molecule has 1 aliphatic rings. The van der Waals surface area contributed by atoms with Gasteiger partial charge in [-0.1, -0.05) is 18.2 Å². The van der Waals surface area contributed by atoms with Crippen molar-refractivity contribution in [2.45, 2.75) is 24.8 Å². The molecule has 6 heteroatoms. The van der Waals surface area contributed by atoms with Crippen LogP contribution in [0.2, 0.25) is 0 Å². The Morgan fingerprint density at radius 3 is 2.61 bits per heavy atom. The number of ether oxygens (including phenoxy) is 1. The summed E-state index contributed by atoms with van der Waals surface area (Å²) >= 11 is 3.48. The van der Waals surface area contributed by atoms with Gasteiger partial charge in [-0.25, -0.2) is 8.42 Å². The highest BCUT2D eigenvalue weighted by Crippen LogP contribution is 2.33. The first-order chi connectivity index (χ1) is 10.9. The summed E-state index contributed by atoms with van der Waals surface area (Å²) < 4.78 is 33.6. The highest BCUT2D eigenvalue weighted by atomic mass is 79.9. The van der Waals surface area contributed by atoms with Crippen molar-refractivity contribution >= 4 is 26.0 Å². The number of benzene rings is 2. The van der Waals surface area contributed by atoms with Gasteiger partial charge in [-0.15, -0.1) is 0 Å². The third-order valence-electron chi connectivity index (χ3n) is 4.16. The van der Waals surface area contributed by atoms with E-state index in [-0.39, 0.29) is 0 Å². The number of sulfonamides is 1. The first-order valence-corrected chi connectivity index (χ1v) is 9.58. The van der Waals surface area contributed by atoms with Gasteiger partial charge in [-0.3, -0.25) is 0 Å². The lowest BCUT2D eigenvalue weighted by atomic mass is 10.0. The molecule has 0 aliphatic carbocycles. The Morgan fingerprint density at radius 1 is 1.17 bits per heavy atom. The first kappa shape index (κ1) is 16.5. The van der Waals surface area contributed by atoms with Crippen LogP contribution < -0.4 is 4.74 Å². The molecule has 0 saturated heterocycles. The van der Waals surface area contributed by atoms with Crippen molar-refractivity contribution in [2.24, 2.45) is 0 Å². The van der Waals surface area contributed by atoms with Crippen LogP contribution in [0.1, 0.15) is 16.7 Å². The van der Waals surface area contributed by atoms with Crippen molar-refractivity contribution < 1.29 is 13.2 Å². The van der Waals surface area contributed by atoms with Crippen molar-refractivity contribution in [3.8, 4) is 5.75 Å². The van der Waals surface area contributed by atoms with E-state index >= 15 is 0 Å². The largest absolute Gasteiger partial charge is 0.496 e. The van der Waals surface area contributed by atoms with Gasteiger partial charge in [-0.05, 0) is 64.2 Å². The molecule has 2 aromatic rings. The number of fused-ring (bicyclic) bond motifs is 1. The summed E-state index contributed by atoms with van der Waals surface area (Å²) in [6.45, 7) is 2.68. The molecular formula is C17H18BrNO3S. The van der Waals surface area contributed by atoms with E-state index < -0.39 is 10.0 Å². The first-order valence-electron chi connectivity index (χ1n) is 7.34. The second kappa shape index (κ2) is 6.26. The molecule has 0 saturated carbocycles. The zero-order valence-electron chi connectivity index (χ0n) is 13.0. The average molecular weight is 396 g/mol. The number of aryl methyl sites for hydroxylation is 1. The molecule has 0 spiro atoms. The number of hydrogen-bond acceptors (Lipinski definition) is 3. The highest BCUT2D eigenvalue weighted by Gasteiger charge is 2.29. The van der Waals surface area contributed by atoms with Gasteiger partial charge in [0.15, 0.2) is 0 Å². The normalized spacial score (nSPS) is 15.3. The van der Waals surface area contributed by atoms with Gasteiger partial charge in [0.25, 0.3) is 0 Å². The lowest BCUT2D eigenvalue weighted by Crippen LogP contribution is -2.36. The summed E-state index contributed by atoms with van der Waals surface area (Å²) in [6.07, 6.45) is 0.697. The summed E-state index contributed by atoms with van der Waals surface area (Å²) in [5.41, 5.74) is 2.93. The molecule has 122 valence electrons. The summed E-state index contributed by atoms with van der Waals surface area (Å²) in [5.74, 6) is 0.721. The molecule has 3 rings (SSSR count). The lowest BCUT2D eigenvalue weighted by molar-refractivity contribution is 0.384. The second-order valence-corrected chi connectivity index (χ2v) is 8.37. The van der Waals surface area contributed by atoms with Gasteiger partial charge < -0.3 is 4.74 Å². The van der Waals surface area contributed by atoms with Crippen molar-refractivity contribution in [1.82, 2.24) is 4.31 Å². The van der Waals surface area contributed by atoms with Crippen LogP contribution in [0.15, 0.2) is 45.8 Å². The molecule has 0 N–H and O–H groups in total. The van der Waals surface area contributed by atoms with Crippen LogP contribution >= 0.6 is 15.9 Å². The van der Waals surface area contributed by atoms with Crippen LogP contribution in [0.5, 0.6) is 5.75 Å². The van der Waals surface area contributed by atoms with Gasteiger partial charge >= 0.3 is 0 Å². The molecule has 0 bridgehead atoms. The van der Waals surface area contributed by atoms with Crippen molar-refractivity contribution in [2.75, 3.05) is 13.7 Å². The maximum Gasteiger partial charge on any atom is 0.243 e. The van der Waals surface area contributed by atoms with E-state index in [4.69, 9.17) is 4.74 Å². The summed E-state index contributed by atoms with van der Waals surface area (Å²) in [5, 5.41) is 0. The zero-order chi connectivity index (χ0) is 16.6. The Kier molecular flexibility index (Phi) is 4.49. The molecule has 4 nitrogen and oxygen atoms in total. The summed E-state index contributed by atoms with van der Waals surface area (Å²) in [4.78, 5) is 0.382. The maximum atomic E-state index is 12.9. The Bertz CT molecular complexity index is 849. The molecule has 1 aliphatic heterocycles. The Balaban J connectivity index is 1.97. The van der Waals surface area contributed by atoms with E-state index in [1.54, 1.807) is 23.5 Å². The summed E-state index contributed by atoms with van der Waals surface area (Å²) in [6, 6.07) is 11.0. The average Bonchev–Trinajstić information content (AvgIpc) is 2.54. The fraction of sp³-hybridized carbons (Fsp3) is 0.294. The standard InChI is InChI=1S/C17H18BrNO3S/c1-12-5-3-4-6-17(12)23(20,21)19-8-7-13-9-15(18)16(22-2)10-14(13)11-19/h3-6,9-10H,7-8,11H2,1-2H3. The van der Waals surface area contributed by atoms with E-state index in [0.717, 1.165) is 26.9 Å². The fourth-order valence-corrected chi connectivity index (χ4v) is 5.07. The quantitative estimate of drug-likeness (QED) is 0.798. The number of hydrogen-bond donors (Lipinski definition) is 0. The van der Waals surface area contributed by atoms with Gasteiger partial charge in [-0.2, -0.15) is 4.31 Å². The molecule has 0 radical (unpaired) electrons. The van der Waals surface area contributed by atoms with Gasteiger partial charge in [0.1, 0.15) is 5.75 Å². The SMILES string of the molecule is COc1cc2c(cc1Br)CCN(S(=O)(=O)c1ccccc1C)C2. The molecule has 1 heterocycles. The topological polar surface area (TPSA) is 46.6 Å². The highest BCUT2D eigenvalue weighted by molar-refractivity contribution is 9.10. The van der Waals surface area contributed by atoms with Crippen LogP contribution in [0, 0.1) is 6.92 Å². The molecule has 0 unspecified atom stereocenters. The Hall–Kier alpha value is -1.37. The minimum absolute atomic E-state index is 0.371. The minimum Gasteiger partial charge on any atom is -0.496 e. The maximum absolute atomic E-state index is 12.9. The van der Waals surface area contributed by atoms with E-state index in [2.05, 4.69) is 15.9 Å². The predicted molar refractivity (Wildman–Crippen MR) is 93.2 cm³/mol. The monoisotopic (exact) mass is 395 g/mol. The molecule has 23 heavy (non-hydrogen) atoms. The molecule has 0 amide bonds. The lowest BCUT2D eigenvalue weighted by Gasteiger charge is -2.29. The Morgan fingerprint density at radius 2 is 1.91 bits per heavy atom. The minimum atomic E-state index is -3.48. The molecule has 0 atom stereocenters. The van der Waals surface area contributed by atoms with Gasteiger partial charge in [0, 0.05) is 13.1 Å². The van der Waals surface area contributed by atoms with Crippen LogP contribution in [0.3, 0.4) is 0 Å². The van der Waals surface area contributed by atoms with Gasteiger partial charge in [0.2, 0.25) is 10.0 Å². The van der Waals surface area contributed by atoms with Crippen molar-refractivity contribution in [1.29, 1.82) is 0 Å². The van der Waals surface area contributed by atoms with Crippen molar-refractivity contribution in [3.63, 3.8) is 0 Å². The predicted octanol–water partition coefficient (Wildman–Crippen LogP) is 3.51. The van der Waals surface area contributed by atoms with E-state index in [9.17, 15) is 8.42 Å². The van der Waals surface area contributed by atoms with Crippen LogP contribution in [-0.2, 0) is 23.0 Å². The third-order valence-corrected chi connectivity index (χ3v) is 6.79. The fourth-order valence-electron chi connectivity index (χ4n) is 2.88. The molecule has 0 aromatic heterocycles. The van der Waals surface area contributed by atoms with E-state index in [1.165, 1.54) is 0 Å². The van der Waals surface area contributed by atoms with Gasteiger partial charge in [0.05, 0.1) is 16.5 Å². The van der Waals surface area contributed by atoms with Crippen LogP contribution in [0.25, 0.3) is 0 Å².